The van der Waals surface area contributed by atoms with Gasteiger partial charge in [-0.2, -0.15) is 18.2 Å². The van der Waals surface area contributed by atoms with Crippen LogP contribution >= 0.6 is 7.60 Å². The maximum absolute atomic E-state index is 14.1. The van der Waals surface area contributed by atoms with Gasteiger partial charge in [0.05, 0.1) is 30.2 Å². The lowest BCUT2D eigenvalue weighted by Crippen LogP contribution is -2.32. The number of hydrogen-bond acceptors (Lipinski definition) is 8. The van der Waals surface area contributed by atoms with Gasteiger partial charge in [0.2, 0.25) is 11.9 Å². The van der Waals surface area contributed by atoms with Crippen molar-refractivity contribution in [2.45, 2.75) is 50.5 Å². The van der Waals surface area contributed by atoms with E-state index in [1.807, 2.05) is 6.07 Å². The number of ether oxygens (including phenoxy) is 1. The second-order valence-electron chi connectivity index (χ2n) is 12.1. The first kappa shape index (κ1) is 34.1. The minimum absolute atomic E-state index is 0.0569. The van der Waals surface area contributed by atoms with E-state index in [0.717, 1.165) is 24.0 Å². The minimum Gasteiger partial charge on any atom is -0.495 e. The van der Waals surface area contributed by atoms with E-state index in [2.05, 4.69) is 20.6 Å². The van der Waals surface area contributed by atoms with Gasteiger partial charge in [0.15, 0.2) is 0 Å². The molecule has 0 spiro atoms. The van der Waals surface area contributed by atoms with Crippen LogP contribution in [0.2, 0.25) is 0 Å². The zero-order valence-electron chi connectivity index (χ0n) is 26.3. The summed E-state index contributed by atoms with van der Waals surface area (Å²) in [4.78, 5) is 55.5. The Balaban J connectivity index is 1.46. The third kappa shape index (κ3) is 7.53. The molecule has 0 unspecified atom stereocenters. The SMILES string of the molecule is COc1cc(CP(=O)(O)O)ccc1Nc1ncc(C(F)(F)F)c(Nc2ccc([C@H]3CC[C@@H](C(=O)N(C)C)CC3)c3c2C(=O)N(C)C3)n1. The van der Waals surface area contributed by atoms with Crippen LogP contribution in [0.3, 0.4) is 0 Å². The Labute approximate surface area is 269 Å². The summed E-state index contributed by atoms with van der Waals surface area (Å²) in [5, 5.41) is 5.56. The fourth-order valence-corrected chi connectivity index (χ4v) is 6.92. The maximum Gasteiger partial charge on any atom is 0.421 e. The Morgan fingerprint density at radius 1 is 1.11 bits per heavy atom. The number of aromatic nitrogens is 2. The molecule has 0 saturated heterocycles. The number of carbonyl (C=O) groups excluding carboxylic acids is 2. The standard InChI is InChI=1S/C31H36F3N6O6P/c1-39(2)28(41)19-8-6-18(7-9-19)20-10-12-24(26-21(20)15-40(3)29(26)42)36-27-22(31(32,33)34)14-35-30(38-27)37-23-11-5-17(13-25(23)46-4)16-47(43,44)45/h5,10-14,18-19H,6-9,15-16H2,1-4H3,(H2,43,44,45)(H2,35,36,37,38)/t18-,19+. The van der Waals surface area contributed by atoms with E-state index < -0.39 is 31.3 Å². The maximum atomic E-state index is 14.1. The number of hydrogen-bond donors (Lipinski definition) is 4. The summed E-state index contributed by atoms with van der Waals surface area (Å²) in [6.07, 6.45) is -1.79. The highest BCUT2D eigenvalue weighted by Crippen LogP contribution is 2.44. The number of nitrogens with one attached hydrogen (secondary N) is 2. The average molecular weight is 677 g/mol. The first-order chi connectivity index (χ1) is 22.1. The molecule has 16 heteroatoms. The molecule has 4 N–H and O–H groups in total. The lowest BCUT2D eigenvalue weighted by molar-refractivity contribution is -0.137. The second-order valence-corrected chi connectivity index (χ2v) is 13.7. The highest BCUT2D eigenvalue weighted by atomic mass is 31.2. The molecule has 2 amide bonds. The Hall–Kier alpha value is -4.20. The molecule has 1 aliphatic heterocycles. The first-order valence-electron chi connectivity index (χ1n) is 14.9. The normalized spacial score (nSPS) is 18.1. The molecule has 252 valence electrons. The van der Waals surface area contributed by atoms with E-state index in [1.165, 1.54) is 30.2 Å². The summed E-state index contributed by atoms with van der Waals surface area (Å²) in [6, 6.07) is 7.71. The molecule has 47 heavy (non-hydrogen) atoms. The Bertz CT molecular complexity index is 1740. The van der Waals surface area contributed by atoms with Gasteiger partial charge >= 0.3 is 13.8 Å². The third-order valence-corrected chi connectivity index (χ3v) is 9.29. The largest absolute Gasteiger partial charge is 0.495 e. The smallest absolute Gasteiger partial charge is 0.421 e. The van der Waals surface area contributed by atoms with Gasteiger partial charge in [-0.1, -0.05) is 12.1 Å². The summed E-state index contributed by atoms with van der Waals surface area (Å²) >= 11 is 0. The number of amides is 2. The van der Waals surface area contributed by atoms with E-state index in [0.29, 0.717) is 31.1 Å². The number of carbonyl (C=O) groups is 2. The van der Waals surface area contributed by atoms with Crippen LogP contribution in [-0.4, -0.2) is 69.6 Å². The number of fused-ring (bicyclic) bond motifs is 1. The summed E-state index contributed by atoms with van der Waals surface area (Å²) in [5.41, 5.74) is 1.53. The molecule has 1 saturated carbocycles. The van der Waals surface area contributed by atoms with Crippen molar-refractivity contribution in [3.63, 3.8) is 0 Å². The average Bonchev–Trinajstić information content (AvgIpc) is 3.30. The number of halogens is 3. The summed E-state index contributed by atoms with van der Waals surface area (Å²) in [5.74, 6) is -0.824. The zero-order chi connectivity index (χ0) is 34.3. The lowest BCUT2D eigenvalue weighted by Gasteiger charge is -2.30. The number of methoxy groups -OCH3 is 1. The molecule has 1 fully saturated rings. The molecule has 1 aromatic heterocycles. The molecule has 5 rings (SSSR count). The Kier molecular flexibility index (Phi) is 9.54. The van der Waals surface area contributed by atoms with Crippen molar-refractivity contribution >= 4 is 42.6 Å². The van der Waals surface area contributed by atoms with Crippen LogP contribution in [0.1, 0.15) is 64.2 Å². The molecule has 0 radical (unpaired) electrons. The van der Waals surface area contributed by atoms with Crippen LogP contribution in [0.4, 0.5) is 36.3 Å². The summed E-state index contributed by atoms with van der Waals surface area (Å²) in [7, 11) is 2.09. The molecular formula is C31H36F3N6O6P. The lowest BCUT2D eigenvalue weighted by atomic mass is 9.76. The molecular weight excluding hydrogens is 640 g/mol. The van der Waals surface area contributed by atoms with Gasteiger partial charge in [-0.15, -0.1) is 0 Å². The molecule has 1 aliphatic carbocycles. The molecule has 2 aliphatic rings. The van der Waals surface area contributed by atoms with Crippen LogP contribution in [0.5, 0.6) is 5.75 Å². The van der Waals surface area contributed by atoms with E-state index in [1.54, 1.807) is 32.1 Å². The van der Waals surface area contributed by atoms with Crippen molar-refractivity contribution in [2.75, 3.05) is 38.9 Å². The summed E-state index contributed by atoms with van der Waals surface area (Å²) < 4.78 is 59.2. The van der Waals surface area contributed by atoms with Gasteiger partial charge in [-0.25, -0.2) is 4.98 Å². The van der Waals surface area contributed by atoms with Crippen LogP contribution in [-0.2, 0) is 28.2 Å². The predicted octanol–water partition coefficient (Wildman–Crippen LogP) is 5.62. The van der Waals surface area contributed by atoms with Crippen molar-refractivity contribution in [1.29, 1.82) is 0 Å². The van der Waals surface area contributed by atoms with Crippen LogP contribution in [0.25, 0.3) is 0 Å². The number of nitrogens with zero attached hydrogens (tertiary/aromatic N) is 4. The van der Waals surface area contributed by atoms with Crippen molar-refractivity contribution in [2.24, 2.45) is 5.92 Å². The monoisotopic (exact) mass is 676 g/mol. The summed E-state index contributed by atoms with van der Waals surface area (Å²) in [6.45, 7) is 0.302. The molecule has 0 atom stereocenters. The third-order valence-electron chi connectivity index (χ3n) is 8.51. The number of anilines is 4. The van der Waals surface area contributed by atoms with Crippen molar-refractivity contribution in [1.82, 2.24) is 19.8 Å². The Morgan fingerprint density at radius 2 is 1.79 bits per heavy atom. The second kappa shape index (κ2) is 13.1. The van der Waals surface area contributed by atoms with E-state index in [9.17, 15) is 37.1 Å². The van der Waals surface area contributed by atoms with Gasteiger partial charge in [0.1, 0.15) is 17.1 Å². The van der Waals surface area contributed by atoms with Gasteiger partial charge in [0.25, 0.3) is 5.91 Å². The zero-order valence-corrected chi connectivity index (χ0v) is 27.2. The number of benzene rings is 2. The molecule has 2 heterocycles. The van der Waals surface area contributed by atoms with E-state index in [4.69, 9.17) is 4.74 Å². The van der Waals surface area contributed by atoms with Crippen molar-refractivity contribution in [3.8, 4) is 5.75 Å². The Morgan fingerprint density at radius 3 is 2.40 bits per heavy atom. The van der Waals surface area contributed by atoms with Crippen molar-refractivity contribution < 1.29 is 41.8 Å². The van der Waals surface area contributed by atoms with Crippen LogP contribution in [0, 0.1) is 5.92 Å². The van der Waals surface area contributed by atoms with Gasteiger partial charge in [-0.05, 0) is 66.5 Å². The first-order valence-corrected chi connectivity index (χ1v) is 16.7. The number of alkyl halides is 3. The number of rotatable bonds is 9. The van der Waals surface area contributed by atoms with Crippen LogP contribution < -0.4 is 15.4 Å². The van der Waals surface area contributed by atoms with Crippen LogP contribution in [0.15, 0.2) is 36.5 Å². The quantitative estimate of drug-likeness (QED) is 0.210. The molecule has 3 aromatic rings. The highest BCUT2D eigenvalue weighted by molar-refractivity contribution is 7.50. The fraction of sp³-hybridized carbons (Fsp3) is 0.419. The molecule has 0 bridgehead atoms. The minimum atomic E-state index is -4.82. The molecule has 2 aromatic carbocycles. The van der Waals surface area contributed by atoms with E-state index in [-0.39, 0.29) is 52.3 Å². The molecule has 12 nitrogen and oxygen atoms in total. The van der Waals surface area contributed by atoms with Gasteiger partial charge in [0, 0.05) is 39.8 Å². The van der Waals surface area contributed by atoms with Crippen molar-refractivity contribution in [3.05, 3.63) is 64.3 Å². The van der Waals surface area contributed by atoms with Gasteiger partial charge in [-0.3, -0.25) is 14.2 Å². The topological polar surface area (TPSA) is 157 Å². The highest BCUT2D eigenvalue weighted by Gasteiger charge is 2.38. The predicted molar refractivity (Wildman–Crippen MR) is 168 cm³/mol. The van der Waals surface area contributed by atoms with E-state index >= 15 is 0 Å². The van der Waals surface area contributed by atoms with Gasteiger partial charge < -0.3 is 35.0 Å². The fourth-order valence-electron chi connectivity index (χ4n) is 6.25.